The third kappa shape index (κ3) is 2.98. The molecule has 0 aliphatic heterocycles. The molecule has 92 valence electrons. The Balaban J connectivity index is 2.05. The van der Waals surface area contributed by atoms with Gasteiger partial charge in [-0.15, -0.1) is 0 Å². The molecule has 0 spiro atoms. The van der Waals surface area contributed by atoms with Crippen LogP contribution >= 0.6 is 0 Å². The van der Waals surface area contributed by atoms with Crippen molar-refractivity contribution in [1.29, 1.82) is 0 Å². The molecule has 0 bridgehead atoms. The average molecular weight is 244 g/mol. The van der Waals surface area contributed by atoms with Crippen molar-refractivity contribution >= 4 is 12.3 Å². The van der Waals surface area contributed by atoms with Crippen LogP contribution in [0, 0.1) is 0 Å². The molecule has 0 atom stereocenters. The standard InChI is InChI=1S/C13H12N2O3/c1-17-13(16)15-14-9-11-7-8-12(18-11)10-5-3-2-4-6-10/h2-9H,1H3,(H,15,16)/b14-9-. The first-order valence-corrected chi connectivity index (χ1v) is 5.32. The topological polar surface area (TPSA) is 63.8 Å². The maximum Gasteiger partial charge on any atom is 0.427 e. The minimum Gasteiger partial charge on any atom is -0.455 e. The Morgan fingerprint density at radius 3 is 2.78 bits per heavy atom. The Hall–Kier alpha value is -2.56. The van der Waals surface area contributed by atoms with Gasteiger partial charge >= 0.3 is 6.09 Å². The van der Waals surface area contributed by atoms with Gasteiger partial charge in [0, 0.05) is 5.56 Å². The lowest BCUT2D eigenvalue weighted by atomic mass is 10.2. The summed E-state index contributed by atoms with van der Waals surface area (Å²) >= 11 is 0. The van der Waals surface area contributed by atoms with E-state index in [0.29, 0.717) is 5.76 Å². The van der Waals surface area contributed by atoms with Gasteiger partial charge < -0.3 is 9.15 Å². The molecule has 0 saturated carbocycles. The number of ether oxygens (including phenoxy) is 1. The van der Waals surface area contributed by atoms with E-state index in [9.17, 15) is 4.79 Å². The molecular formula is C13H12N2O3. The normalized spacial score (nSPS) is 10.5. The predicted octanol–water partition coefficient (Wildman–Crippen LogP) is 2.64. The molecule has 5 nitrogen and oxygen atoms in total. The summed E-state index contributed by atoms with van der Waals surface area (Å²) in [5.74, 6) is 1.29. The number of hydrogen-bond donors (Lipinski definition) is 1. The Labute approximate surface area is 104 Å². The number of nitrogens with zero attached hydrogens (tertiary/aromatic N) is 1. The predicted molar refractivity (Wildman–Crippen MR) is 67.3 cm³/mol. The van der Waals surface area contributed by atoms with Gasteiger partial charge in [-0.25, -0.2) is 10.2 Å². The number of hydrazone groups is 1. The smallest absolute Gasteiger partial charge is 0.427 e. The van der Waals surface area contributed by atoms with Crippen LogP contribution in [-0.4, -0.2) is 19.4 Å². The molecule has 1 aromatic carbocycles. The van der Waals surface area contributed by atoms with Gasteiger partial charge in [-0.1, -0.05) is 30.3 Å². The van der Waals surface area contributed by atoms with Crippen LogP contribution in [0.25, 0.3) is 11.3 Å². The number of methoxy groups -OCH3 is 1. The third-order valence-corrected chi connectivity index (χ3v) is 2.22. The second-order valence-corrected chi connectivity index (χ2v) is 3.43. The number of nitrogens with one attached hydrogen (secondary N) is 1. The fraction of sp³-hybridized carbons (Fsp3) is 0.0769. The van der Waals surface area contributed by atoms with Crippen LogP contribution < -0.4 is 5.43 Å². The van der Waals surface area contributed by atoms with Gasteiger partial charge in [0.15, 0.2) is 0 Å². The zero-order chi connectivity index (χ0) is 12.8. The lowest BCUT2D eigenvalue weighted by Gasteiger charge is -1.95. The van der Waals surface area contributed by atoms with Gasteiger partial charge in [0.1, 0.15) is 11.5 Å². The van der Waals surface area contributed by atoms with Gasteiger partial charge in [0.05, 0.1) is 13.3 Å². The van der Waals surface area contributed by atoms with Crippen LogP contribution in [-0.2, 0) is 4.74 Å². The average Bonchev–Trinajstić information content (AvgIpc) is 2.88. The van der Waals surface area contributed by atoms with Crippen molar-refractivity contribution in [3.63, 3.8) is 0 Å². The lowest BCUT2D eigenvalue weighted by Crippen LogP contribution is -2.16. The Morgan fingerprint density at radius 2 is 2.06 bits per heavy atom. The summed E-state index contributed by atoms with van der Waals surface area (Å²) in [7, 11) is 1.27. The number of hydrogen-bond acceptors (Lipinski definition) is 4. The molecule has 1 amide bonds. The number of amides is 1. The maximum absolute atomic E-state index is 10.8. The molecule has 0 aliphatic rings. The Morgan fingerprint density at radius 1 is 1.28 bits per heavy atom. The maximum atomic E-state index is 10.8. The largest absolute Gasteiger partial charge is 0.455 e. The molecule has 2 rings (SSSR count). The first-order chi connectivity index (χ1) is 8.79. The zero-order valence-corrected chi connectivity index (χ0v) is 9.79. The molecule has 0 radical (unpaired) electrons. The summed E-state index contributed by atoms with van der Waals surface area (Å²) in [4.78, 5) is 10.8. The van der Waals surface area contributed by atoms with E-state index >= 15 is 0 Å². The summed E-state index contributed by atoms with van der Waals surface area (Å²) in [5.41, 5.74) is 3.16. The molecular weight excluding hydrogens is 232 g/mol. The molecule has 0 fully saturated rings. The number of furan rings is 1. The molecule has 1 N–H and O–H groups in total. The van der Waals surface area contributed by atoms with E-state index in [0.717, 1.165) is 11.3 Å². The van der Waals surface area contributed by atoms with Crippen LogP contribution in [0.4, 0.5) is 4.79 Å². The summed E-state index contributed by atoms with van der Waals surface area (Å²) in [6.07, 6.45) is 0.782. The van der Waals surface area contributed by atoms with E-state index < -0.39 is 6.09 Å². The van der Waals surface area contributed by atoms with Gasteiger partial charge in [-0.05, 0) is 12.1 Å². The highest BCUT2D eigenvalue weighted by atomic mass is 16.5. The first-order valence-electron chi connectivity index (χ1n) is 5.32. The summed E-state index contributed by atoms with van der Waals surface area (Å²) in [6, 6.07) is 13.3. The van der Waals surface area contributed by atoms with Crippen molar-refractivity contribution in [2.24, 2.45) is 5.10 Å². The SMILES string of the molecule is COC(=O)N/N=C\c1ccc(-c2ccccc2)o1. The molecule has 18 heavy (non-hydrogen) atoms. The minimum atomic E-state index is -0.624. The summed E-state index contributed by atoms with van der Waals surface area (Å²) < 4.78 is 9.91. The summed E-state index contributed by atoms with van der Waals surface area (Å²) in [6.45, 7) is 0. The van der Waals surface area contributed by atoms with E-state index in [2.05, 4.69) is 15.3 Å². The van der Waals surface area contributed by atoms with Crippen molar-refractivity contribution in [2.75, 3.05) is 7.11 Å². The monoisotopic (exact) mass is 244 g/mol. The highest BCUT2D eigenvalue weighted by Gasteiger charge is 2.02. The second-order valence-electron chi connectivity index (χ2n) is 3.43. The minimum absolute atomic E-state index is 0.547. The van der Waals surface area contributed by atoms with Gasteiger partial charge in [0.25, 0.3) is 0 Å². The summed E-state index contributed by atoms with van der Waals surface area (Å²) in [5, 5.41) is 3.68. The number of carbonyl (C=O) groups excluding carboxylic acids is 1. The molecule has 1 aromatic heterocycles. The highest BCUT2D eigenvalue weighted by molar-refractivity contribution is 5.78. The van der Waals surface area contributed by atoms with Crippen molar-refractivity contribution < 1.29 is 13.9 Å². The zero-order valence-electron chi connectivity index (χ0n) is 9.79. The Bertz CT molecular complexity index is 546. The number of benzene rings is 1. The van der Waals surface area contributed by atoms with Crippen molar-refractivity contribution in [2.45, 2.75) is 0 Å². The van der Waals surface area contributed by atoms with E-state index in [1.54, 1.807) is 6.07 Å². The Kier molecular flexibility index (Phi) is 3.76. The van der Waals surface area contributed by atoms with Crippen molar-refractivity contribution in [1.82, 2.24) is 5.43 Å². The van der Waals surface area contributed by atoms with Gasteiger partial charge in [-0.3, -0.25) is 0 Å². The third-order valence-electron chi connectivity index (χ3n) is 2.22. The van der Waals surface area contributed by atoms with Gasteiger partial charge in [-0.2, -0.15) is 5.10 Å². The van der Waals surface area contributed by atoms with E-state index in [4.69, 9.17) is 4.42 Å². The molecule has 0 unspecified atom stereocenters. The lowest BCUT2D eigenvalue weighted by molar-refractivity contribution is 0.171. The fourth-order valence-corrected chi connectivity index (χ4v) is 1.37. The van der Waals surface area contributed by atoms with Crippen molar-refractivity contribution in [3.05, 3.63) is 48.2 Å². The van der Waals surface area contributed by atoms with Crippen LogP contribution in [0.2, 0.25) is 0 Å². The number of rotatable bonds is 3. The van der Waals surface area contributed by atoms with Crippen LogP contribution in [0.5, 0.6) is 0 Å². The van der Waals surface area contributed by atoms with E-state index in [1.807, 2.05) is 36.4 Å². The van der Waals surface area contributed by atoms with Crippen LogP contribution in [0.3, 0.4) is 0 Å². The van der Waals surface area contributed by atoms with Gasteiger partial charge in [0.2, 0.25) is 0 Å². The molecule has 1 heterocycles. The number of carbonyl (C=O) groups is 1. The molecule has 0 aliphatic carbocycles. The fourth-order valence-electron chi connectivity index (χ4n) is 1.37. The molecule has 2 aromatic rings. The van der Waals surface area contributed by atoms with Crippen LogP contribution in [0.1, 0.15) is 5.76 Å². The molecule has 0 saturated heterocycles. The van der Waals surface area contributed by atoms with Crippen LogP contribution in [0.15, 0.2) is 52.0 Å². The molecule has 5 heteroatoms. The van der Waals surface area contributed by atoms with E-state index in [-0.39, 0.29) is 0 Å². The van der Waals surface area contributed by atoms with E-state index in [1.165, 1.54) is 13.3 Å². The quantitative estimate of drug-likeness (QED) is 0.666. The van der Waals surface area contributed by atoms with Crippen molar-refractivity contribution in [3.8, 4) is 11.3 Å². The second kappa shape index (κ2) is 5.67. The first kappa shape index (κ1) is 11.9. The highest BCUT2D eigenvalue weighted by Crippen LogP contribution is 2.20.